The summed E-state index contributed by atoms with van der Waals surface area (Å²) in [5.74, 6) is 0.888. The van der Waals surface area contributed by atoms with E-state index < -0.39 is 9.76 Å². The van der Waals surface area contributed by atoms with Crippen LogP contribution in [0.2, 0.25) is 0 Å². The summed E-state index contributed by atoms with van der Waals surface area (Å²) >= 11 is 1.32. The number of alkyl halides is 3. The van der Waals surface area contributed by atoms with E-state index in [9.17, 15) is 13.2 Å². The minimum atomic E-state index is -4.28. The molecule has 124 valence electrons. The van der Waals surface area contributed by atoms with E-state index in [4.69, 9.17) is 9.47 Å². The van der Waals surface area contributed by atoms with E-state index in [0.717, 1.165) is 11.3 Å². The van der Waals surface area contributed by atoms with Crippen LogP contribution in [0.25, 0.3) is 0 Å². The third kappa shape index (κ3) is 6.56. The first kappa shape index (κ1) is 19.3. The molecule has 0 saturated carbocycles. The highest BCUT2D eigenvalue weighted by Crippen LogP contribution is 2.31. The summed E-state index contributed by atoms with van der Waals surface area (Å²) in [5.41, 5.74) is 0.959. The highest BCUT2D eigenvalue weighted by atomic mass is 127. The van der Waals surface area contributed by atoms with Crippen molar-refractivity contribution in [1.82, 2.24) is 0 Å². The largest absolute Gasteiger partial charge is 0.497 e. The fourth-order valence-electron chi connectivity index (χ4n) is 1.79. The Bertz CT molecular complexity index is 481. The summed E-state index contributed by atoms with van der Waals surface area (Å²) in [7, 11) is 1.59. The Kier molecular flexibility index (Phi) is 7.68. The van der Waals surface area contributed by atoms with Crippen LogP contribution in [0, 0.1) is 5.92 Å². The smallest absolute Gasteiger partial charge is 0.421 e. The Balaban J connectivity index is 2.61. The number of halogens is 4. The molecule has 0 spiro atoms. The van der Waals surface area contributed by atoms with Gasteiger partial charge in [0.15, 0.2) is 0 Å². The lowest BCUT2D eigenvalue weighted by molar-refractivity contribution is -0.0822. The van der Waals surface area contributed by atoms with Crippen molar-refractivity contribution in [2.75, 3.05) is 7.11 Å². The summed E-state index contributed by atoms with van der Waals surface area (Å²) < 4.78 is 47.7. The molecule has 22 heavy (non-hydrogen) atoms. The van der Waals surface area contributed by atoms with Crippen LogP contribution in [0.5, 0.6) is 5.75 Å². The van der Waals surface area contributed by atoms with Gasteiger partial charge >= 0.3 is 6.18 Å². The van der Waals surface area contributed by atoms with Gasteiger partial charge in [-0.25, -0.2) is 0 Å². The van der Waals surface area contributed by atoms with Gasteiger partial charge in [-0.15, -0.1) is 0 Å². The maximum Gasteiger partial charge on any atom is 0.421 e. The lowest BCUT2D eigenvalue weighted by Crippen LogP contribution is -2.19. The molecule has 0 aliphatic rings. The first-order valence-electron chi connectivity index (χ1n) is 6.91. The summed E-state index contributed by atoms with van der Waals surface area (Å²) in [6.07, 6.45) is -3.10. The number of methoxy groups -OCH3 is 1. The summed E-state index contributed by atoms with van der Waals surface area (Å²) in [6.45, 7) is 4.24. The zero-order chi connectivity index (χ0) is 16.8. The van der Waals surface area contributed by atoms with Crippen molar-refractivity contribution in [2.24, 2.45) is 5.92 Å². The van der Waals surface area contributed by atoms with Crippen LogP contribution in [0.4, 0.5) is 13.2 Å². The lowest BCUT2D eigenvalue weighted by Gasteiger charge is -2.21. The molecule has 1 rings (SSSR count). The van der Waals surface area contributed by atoms with Gasteiger partial charge in [0.05, 0.1) is 23.4 Å². The fourth-order valence-corrected chi connectivity index (χ4v) is 2.05. The molecule has 0 bridgehead atoms. The molecule has 0 aliphatic carbocycles. The second kappa shape index (κ2) is 8.76. The molecule has 2 nitrogen and oxygen atoms in total. The van der Waals surface area contributed by atoms with Crippen molar-refractivity contribution in [1.29, 1.82) is 0 Å². The quantitative estimate of drug-likeness (QED) is 0.534. The minimum Gasteiger partial charge on any atom is -0.497 e. The van der Waals surface area contributed by atoms with E-state index in [-0.39, 0.29) is 18.4 Å². The van der Waals surface area contributed by atoms with Crippen molar-refractivity contribution in [3.8, 4) is 5.75 Å². The Morgan fingerprint density at radius 2 is 1.82 bits per heavy atom. The molecule has 1 aromatic carbocycles. The number of hydrogen-bond donors (Lipinski definition) is 0. The van der Waals surface area contributed by atoms with Crippen molar-refractivity contribution < 1.29 is 22.6 Å². The van der Waals surface area contributed by atoms with Gasteiger partial charge in [0.2, 0.25) is 0 Å². The standard InChI is InChI=1S/C16H20F3IO2/c1-11(2)14(8-9-15(20)16(17,18)19)22-10-12-4-6-13(21-3)7-5-12/h4-7,9,11,14H,8,10H2,1-3H3/b15-9+. The van der Waals surface area contributed by atoms with Crippen LogP contribution < -0.4 is 4.74 Å². The van der Waals surface area contributed by atoms with Crippen molar-refractivity contribution in [3.05, 3.63) is 39.5 Å². The number of ether oxygens (including phenoxy) is 2. The molecule has 0 aliphatic heterocycles. The first-order chi connectivity index (χ1) is 10.2. The van der Waals surface area contributed by atoms with E-state index in [0.29, 0.717) is 6.61 Å². The van der Waals surface area contributed by atoms with Crippen molar-refractivity contribution in [3.63, 3.8) is 0 Å². The Labute approximate surface area is 142 Å². The van der Waals surface area contributed by atoms with Gasteiger partial charge in [-0.2, -0.15) is 13.2 Å². The molecule has 0 saturated heterocycles. The molecule has 0 N–H and O–H groups in total. The van der Waals surface area contributed by atoms with Gasteiger partial charge in [0, 0.05) is 0 Å². The minimum absolute atomic E-state index is 0.131. The van der Waals surface area contributed by atoms with Crippen LogP contribution in [-0.4, -0.2) is 19.4 Å². The average Bonchev–Trinajstić information content (AvgIpc) is 2.46. The molecular weight excluding hydrogens is 408 g/mol. The van der Waals surface area contributed by atoms with Crippen LogP contribution >= 0.6 is 22.6 Å². The van der Waals surface area contributed by atoms with Gasteiger partial charge < -0.3 is 9.47 Å². The van der Waals surface area contributed by atoms with Crippen LogP contribution in [0.1, 0.15) is 25.8 Å². The number of rotatable bonds is 7. The molecule has 0 heterocycles. The van der Waals surface area contributed by atoms with Crippen molar-refractivity contribution in [2.45, 2.75) is 39.2 Å². The molecule has 0 radical (unpaired) electrons. The Morgan fingerprint density at radius 3 is 2.27 bits per heavy atom. The van der Waals surface area contributed by atoms with Crippen LogP contribution in [0.3, 0.4) is 0 Å². The lowest BCUT2D eigenvalue weighted by atomic mass is 10.0. The normalized spacial score (nSPS) is 14.3. The second-order valence-electron chi connectivity index (χ2n) is 5.23. The highest BCUT2D eigenvalue weighted by molar-refractivity contribution is 14.1. The van der Waals surface area contributed by atoms with Gasteiger partial charge in [-0.05, 0) is 52.6 Å². The van der Waals surface area contributed by atoms with Crippen LogP contribution in [-0.2, 0) is 11.3 Å². The van der Waals surface area contributed by atoms with Gasteiger partial charge in [0.1, 0.15) is 5.75 Å². The monoisotopic (exact) mass is 428 g/mol. The van der Waals surface area contributed by atoms with E-state index in [2.05, 4.69) is 0 Å². The molecule has 0 fully saturated rings. The maximum absolute atomic E-state index is 12.5. The van der Waals surface area contributed by atoms with Gasteiger partial charge in [0.25, 0.3) is 0 Å². The molecule has 0 amide bonds. The third-order valence-electron chi connectivity index (χ3n) is 3.17. The van der Waals surface area contributed by atoms with Gasteiger partial charge in [-0.1, -0.05) is 32.1 Å². The van der Waals surface area contributed by atoms with E-state index in [1.165, 1.54) is 28.7 Å². The zero-order valence-electron chi connectivity index (χ0n) is 12.8. The molecule has 1 aromatic rings. The Hall–Kier alpha value is -0.760. The molecule has 6 heteroatoms. The average molecular weight is 428 g/mol. The number of benzene rings is 1. The fraction of sp³-hybridized carbons (Fsp3) is 0.500. The summed E-state index contributed by atoms with van der Waals surface area (Å²) in [6, 6.07) is 7.42. The van der Waals surface area contributed by atoms with E-state index >= 15 is 0 Å². The SMILES string of the molecule is COc1ccc(COC(C/C=C(/I)C(F)(F)F)C(C)C)cc1. The molecule has 1 unspecified atom stereocenters. The topological polar surface area (TPSA) is 18.5 Å². The summed E-state index contributed by atoms with van der Waals surface area (Å²) in [5, 5.41) is 0. The zero-order valence-corrected chi connectivity index (χ0v) is 14.9. The predicted octanol–water partition coefficient (Wildman–Crippen LogP) is 5.51. The predicted molar refractivity (Wildman–Crippen MR) is 89.2 cm³/mol. The molecular formula is C16H20F3IO2. The number of hydrogen-bond acceptors (Lipinski definition) is 2. The van der Waals surface area contributed by atoms with E-state index in [1.807, 2.05) is 38.1 Å². The van der Waals surface area contributed by atoms with Gasteiger partial charge in [-0.3, -0.25) is 0 Å². The Morgan fingerprint density at radius 1 is 1.23 bits per heavy atom. The molecule has 0 aromatic heterocycles. The maximum atomic E-state index is 12.5. The first-order valence-corrected chi connectivity index (χ1v) is 7.99. The third-order valence-corrected chi connectivity index (χ3v) is 4.22. The second-order valence-corrected chi connectivity index (χ2v) is 6.39. The van der Waals surface area contributed by atoms with E-state index in [1.54, 1.807) is 7.11 Å². The van der Waals surface area contributed by atoms with Crippen LogP contribution in [0.15, 0.2) is 33.9 Å². The molecule has 1 atom stereocenters. The summed E-state index contributed by atoms with van der Waals surface area (Å²) in [4.78, 5) is 0. The number of allylic oxidation sites excluding steroid dienone is 1. The highest BCUT2D eigenvalue weighted by Gasteiger charge is 2.31. The van der Waals surface area contributed by atoms with Crippen molar-refractivity contribution >= 4 is 22.6 Å².